The van der Waals surface area contributed by atoms with Gasteiger partial charge in [0.1, 0.15) is 24.6 Å². The van der Waals surface area contributed by atoms with E-state index in [1.54, 1.807) is 19.1 Å². The summed E-state index contributed by atoms with van der Waals surface area (Å²) in [6.07, 6.45) is 7.12. The van der Waals surface area contributed by atoms with Gasteiger partial charge in [-0.05, 0) is 126 Å². The van der Waals surface area contributed by atoms with Gasteiger partial charge in [-0.1, -0.05) is 84.9 Å². The van der Waals surface area contributed by atoms with Crippen LogP contribution in [-0.4, -0.2) is 127 Å². The highest BCUT2D eigenvalue weighted by atomic mass is 16.5. The summed E-state index contributed by atoms with van der Waals surface area (Å²) in [5.41, 5.74) is 9.50. The van der Waals surface area contributed by atoms with Crippen molar-refractivity contribution in [3.05, 3.63) is 131 Å². The third kappa shape index (κ3) is 9.38. The molecule has 344 valence electrons. The molecule has 5 amide bonds. The number of hydrogen-bond acceptors (Lipinski definition) is 8. The lowest BCUT2D eigenvalue weighted by Gasteiger charge is -2.50. The number of methoxy groups -OCH3 is 2. The molecule has 0 unspecified atom stereocenters. The number of nitrogens with two attached hydrogens (primary N) is 1. The summed E-state index contributed by atoms with van der Waals surface area (Å²) in [7, 11) is 11.8. The maximum atomic E-state index is 13.4. The first-order valence-corrected chi connectivity index (χ1v) is 22.7. The fourth-order valence-electron chi connectivity index (χ4n) is 11.2. The monoisotopic (exact) mass is 883 g/mol. The summed E-state index contributed by atoms with van der Waals surface area (Å²) in [6.45, 7) is 2.40. The van der Waals surface area contributed by atoms with Crippen LogP contribution < -0.4 is 15.2 Å². The molecule has 2 N–H and O–H groups in total. The van der Waals surface area contributed by atoms with E-state index in [4.69, 9.17) is 15.2 Å². The van der Waals surface area contributed by atoms with Crippen molar-refractivity contribution in [2.75, 3.05) is 68.6 Å². The summed E-state index contributed by atoms with van der Waals surface area (Å²) in [5.74, 6) is 1.12. The first-order valence-electron chi connectivity index (χ1n) is 22.7. The van der Waals surface area contributed by atoms with Crippen LogP contribution in [0.3, 0.4) is 0 Å². The Hall–Kier alpha value is -6.10. The zero-order valence-electron chi connectivity index (χ0n) is 39.0. The van der Waals surface area contributed by atoms with Crippen LogP contribution in [0.5, 0.6) is 11.5 Å². The maximum Gasteiger partial charge on any atom is 0.321 e. The fourth-order valence-corrected chi connectivity index (χ4v) is 11.2. The van der Waals surface area contributed by atoms with Gasteiger partial charge in [-0.3, -0.25) is 14.6 Å². The first-order chi connectivity index (χ1) is 31.2. The van der Waals surface area contributed by atoms with Crippen LogP contribution in [0.15, 0.2) is 109 Å². The minimum atomic E-state index is -0.471. The molecule has 13 heteroatoms. The Morgan fingerprint density at radius 2 is 0.969 bits per heavy atom. The SMILES string of the molecule is COc1ccc(CN2CC3(CCC(c4ccccc4)(N(C)C)CC3)N(CC#N)C2=O)cc1.COc1ccc(CN2CC3(CCC(c4ccccc4)(N(C)C)CC3)N(CC(N)=O)C2=O)cc1. The Bertz CT molecular complexity index is 2280. The van der Waals surface area contributed by atoms with Crippen LogP contribution >= 0.6 is 0 Å². The van der Waals surface area contributed by atoms with Gasteiger partial charge in [0, 0.05) is 37.3 Å². The Labute approximate surface area is 385 Å². The number of nitrogens with zero attached hydrogens (tertiary/aromatic N) is 7. The van der Waals surface area contributed by atoms with Crippen molar-refractivity contribution in [1.29, 1.82) is 5.26 Å². The molecule has 2 saturated carbocycles. The second kappa shape index (κ2) is 19.6. The van der Waals surface area contributed by atoms with Crippen molar-refractivity contribution in [3.8, 4) is 17.6 Å². The Kier molecular flexibility index (Phi) is 14.1. The summed E-state index contributed by atoms with van der Waals surface area (Å²) < 4.78 is 10.5. The molecule has 4 fully saturated rings. The van der Waals surface area contributed by atoms with E-state index in [9.17, 15) is 19.6 Å². The summed E-state index contributed by atoms with van der Waals surface area (Å²) >= 11 is 0. The second-order valence-electron chi connectivity index (χ2n) is 18.8. The highest BCUT2D eigenvalue weighted by Gasteiger charge is 2.56. The number of primary amides is 1. The summed E-state index contributed by atoms with van der Waals surface area (Å²) in [4.78, 5) is 50.6. The molecule has 0 atom stereocenters. The number of urea groups is 2. The van der Waals surface area contributed by atoms with E-state index in [1.165, 1.54) is 11.1 Å². The standard InChI is InChI=1S/C26H34N4O3.C26H32N4O2/c1-28(2)26(21-7-5-4-6-8-21)15-13-25(14-16-26)19-29(24(32)30(25)18-23(27)31)17-20-9-11-22(33-3)12-10-20;1-28(2)26(22-7-5-4-6-8-22)15-13-25(14-16-26)20-29(24(31)30(25)18-17-27)19-21-9-11-23(32-3)12-10-21/h4-12H,13-19H2,1-3H3,(H2,27,31);4-12H,13-16,18-20H2,1-3H3. The van der Waals surface area contributed by atoms with Gasteiger partial charge >= 0.3 is 12.1 Å². The first kappa shape index (κ1) is 46.9. The molecule has 0 radical (unpaired) electrons. The number of amides is 5. The number of benzene rings is 4. The highest BCUT2D eigenvalue weighted by molar-refractivity contribution is 5.85. The van der Waals surface area contributed by atoms with Crippen LogP contribution in [0.1, 0.15) is 73.6 Å². The molecule has 0 bridgehead atoms. The van der Waals surface area contributed by atoms with Gasteiger partial charge < -0.3 is 34.8 Å². The number of hydrogen-bond donors (Lipinski definition) is 1. The molecular formula is C52H66N8O5. The van der Waals surface area contributed by atoms with E-state index in [2.05, 4.69) is 98.7 Å². The number of carbonyl (C=O) groups excluding carboxylic acids is 3. The lowest BCUT2D eigenvalue weighted by atomic mass is 9.68. The number of ether oxygens (including phenoxy) is 2. The number of carbonyl (C=O) groups is 3. The van der Waals surface area contributed by atoms with Gasteiger partial charge in [-0.2, -0.15) is 5.26 Å². The van der Waals surface area contributed by atoms with Crippen molar-refractivity contribution in [1.82, 2.24) is 29.4 Å². The van der Waals surface area contributed by atoms with Crippen LogP contribution in [0.2, 0.25) is 0 Å². The van der Waals surface area contributed by atoms with Gasteiger partial charge in [0.15, 0.2) is 0 Å². The van der Waals surface area contributed by atoms with Crippen molar-refractivity contribution in [2.24, 2.45) is 5.73 Å². The Morgan fingerprint density at radius 3 is 1.31 bits per heavy atom. The topological polar surface area (TPSA) is 139 Å². The maximum absolute atomic E-state index is 13.4. The molecule has 4 aromatic rings. The zero-order valence-corrected chi connectivity index (χ0v) is 39.0. The fraction of sp³-hybridized carbons (Fsp3) is 0.462. The van der Waals surface area contributed by atoms with Crippen molar-refractivity contribution in [2.45, 2.75) is 86.6 Å². The largest absolute Gasteiger partial charge is 0.497 e. The lowest BCUT2D eigenvalue weighted by Crippen LogP contribution is -2.56. The van der Waals surface area contributed by atoms with Gasteiger partial charge in [0.05, 0.1) is 31.4 Å². The third-order valence-corrected chi connectivity index (χ3v) is 15.1. The van der Waals surface area contributed by atoms with E-state index in [-0.39, 0.29) is 47.3 Å². The van der Waals surface area contributed by atoms with Gasteiger partial charge in [-0.15, -0.1) is 0 Å². The smallest absolute Gasteiger partial charge is 0.321 e. The molecule has 2 aliphatic heterocycles. The van der Waals surface area contributed by atoms with Crippen LogP contribution in [-0.2, 0) is 29.0 Å². The molecule has 0 aromatic heterocycles. The molecule has 2 saturated heterocycles. The average molecular weight is 883 g/mol. The molecule has 13 nitrogen and oxygen atoms in total. The highest BCUT2D eigenvalue weighted by Crippen LogP contribution is 2.50. The summed E-state index contributed by atoms with van der Waals surface area (Å²) in [6, 6.07) is 39.0. The number of rotatable bonds is 13. The Morgan fingerprint density at radius 1 is 0.600 bits per heavy atom. The van der Waals surface area contributed by atoms with Crippen molar-refractivity contribution >= 4 is 18.0 Å². The Balaban J connectivity index is 0.000000194. The predicted molar refractivity (Wildman–Crippen MR) is 252 cm³/mol. The van der Waals surface area contributed by atoms with Crippen molar-refractivity contribution < 1.29 is 23.9 Å². The van der Waals surface area contributed by atoms with Crippen molar-refractivity contribution in [3.63, 3.8) is 0 Å². The number of nitriles is 1. The molecule has 2 heterocycles. The van der Waals surface area contributed by atoms with E-state index in [1.807, 2.05) is 69.3 Å². The minimum Gasteiger partial charge on any atom is -0.497 e. The van der Waals surface area contributed by atoms with E-state index < -0.39 is 5.91 Å². The molecule has 4 aromatic carbocycles. The van der Waals surface area contributed by atoms with Crippen LogP contribution in [0.4, 0.5) is 9.59 Å². The van der Waals surface area contributed by atoms with Crippen LogP contribution in [0, 0.1) is 11.3 Å². The van der Waals surface area contributed by atoms with Gasteiger partial charge in [0.2, 0.25) is 5.91 Å². The second-order valence-corrected chi connectivity index (χ2v) is 18.8. The van der Waals surface area contributed by atoms with Crippen LogP contribution in [0.25, 0.3) is 0 Å². The van der Waals surface area contributed by atoms with E-state index >= 15 is 0 Å². The average Bonchev–Trinajstić information content (AvgIpc) is 3.71. The molecule has 8 rings (SSSR count). The van der Waals surface area contributed by atoms with E-state index in [0.29, 0.717) is 26.2 Å². The zero-order chi connectivity index (χ0) is 46.4. The molecule has 2 aliphatic carbocycles. The normalized spacial score (nSPS) is 25.3. The summed E-state index contributed by atoms with van der Waals surface area (Å²) in [5, 5.41) is 9.48. The predicted octanol–water partition coefficient (Wildman–Crippen LogP) is 7.41. The quantitative estimate of drug-likeness (QED) is 0.137. The molecule has 65 heavy (non-hydrogen) atoms. The lowest BCUT2D eigenvalue weighted by molar-refractivity contribution is -0.119. The van der Waals surface area contributed by atoms with E-state index in [0.717, 1.165) is 74.0 Å². The minimum absolute atomic E-state index is 0.0283. The van der Waals surface area contributed by atoms with Gasteiger partial charge in [-0.25, -0.2) is 9.59 Å². The molecular weight excluding hydrogens is 817 g/mol. The molecule has 4 aliphatic rings. The third-order valence-electron chi connectivity index (χ3n) is 15.1. The molecule has 2 spiro atoms. The van der Waals surface area contributed by atoms with Gasteiger partial charge in [0.25, 0.3) is 0 Å².